The highest BCUT2D eigenvalue weighted by molar-refractivity contribution is 7.88. The molecule has 1 atom stereocenters. The molecule has 1 aromatic carbocycles. The van der Waals surface area contributed by atoms with Crippen molar-refractivity contribution in [3.05, 3.63) is 47.5 Å². The maximum atomic E-state index is 15.7. The number of benzene rings is 1. The summed E-state index contributed by atoms with van der Waals surface area (Å²) in [5.74, 6) is 0.181. The zero-order valence-electron chi connectivity index (χ0n) is 19.5. The topological polar surface area (TPSA) is 67.3 Å². The van der Waals surface area contributed by atoms with E-state index in [-0.39, 0.29) is 29.8 Å². The highest BCUT2D eigenvalue weighted by Crippen LogP contribution is 2.49. The van der Waals surface area contributed by atoms with Gasteiger partial charge in [-0.2, -0.15) is 17.6 Å². The van der Waals surface area contributed by atoms with Gasteiger partial charge in [-0.05, 0) is 62.1 Å². The summed E-state index contributed by atoms with van der Waals surface area (Å²) >= 11 is -0.974. The first-order chi connectivity index (χ1) is 16.7. The van der Waals surface area contributed by atoms with Gasteiger partial charge in [0.05, 0.1) is 5.56 Å². The summed E-state index contributed by atoms with van der Waals surface area (Å²) in [4.78, 5) is 10.3. The molecule has 0 bridgehead atoms. The Balaban J connectivity index is 1.31. The van der Waals surface area contributed by atoms with Gasteiger partial charge in [-0.3, -0.25) is 0 Å². The van der Waals surface area contributed by atoms with E-state index >= 15 is 4.39 Å². The predicted molar refractivity (Wildman–Crippen MR) is 127 cm³/mol. The summed E-state index contributed by atoms with van der Waals surface area (Å²) in [5.41, 5.74) is -0.244. The Labute approximate surface area is 205 Å². The van der Waals surface area contributed by atoms with E-state index in [1.165, 1.54) is 18.5 Å². The molecule has 0 radical (unpaired) electrons. The quantitative estimate of drug-likeness (QED) is 0.408. The molecular weight excluding hydrogens is 482 g/mol. The van der Waals surface area contributed by atoms with Crippen LogP contribution in [-0.2, 0) is 24.1 Å². The Bertz CT molecular complexity index is 1040. The average molecular weight is 512 g/mol. The Hall–Kier alpha value is -2.11. The van der Waals surface area contributed by atoms with Gasteiger partial charge in [0.25, 0.3) is 0 Å². The predicted octanol–water partition coefficient (Wildman–Crippen LogP) is 4.75. The van der Waals surface area contributed by atoms with Gasteiger partial charge in [-0.1, -0.05) is 12.1 Å². The smallest absolute Gasteiger partial charge is 0.416 e. The van der Waals surface area contributed by atoms with Crippen molar-refractivity contribution < 1.29 is 22.1 Å². The SMILES string of the molecule is C[S+]([O-])N1CCC(C2(Nc3ncnc(N(Cc4ccc(C(F)(F)F)cc4)C4CC4)c3F)CC2)CC1. The highest BCUT2D eigenvalue weighted by atomic mass is 32.2. The molecule has 2 heterocycles. The zero-order valence-corrected chi connectivity index (χ0v) is 20.3. The van der Waals surface area contributed by atoms with Crippen LogP contribution in [0.5, 0.6) is 0 Å². The number of rotatable bonds is 8. The highest BCUT2D eigenvalue weighted by Gasteiger charge is 2.51. The molecule has 1 aliphatic heterocycles. The molecule has 0 amide bonds. The lowest BCUT2D eigenvalue weighted by Crippen LogP contribution is -2.43. The summed E-state index contributed by atoms with van der Waals surface area (Å²) in [6.45, 7) is 1.79. The van der Waals surface area contributed by atoms with Crippen molar-refractivity contribution in [2.45, 2.75) is 62.8 Å². The van der Waals surface area contributed by atoms with Crippen molar-refractivity contribution in [3.63, 3.8) is 0 Å². The van der Waals surface area contributed by atoms with Gasteiger partial charge >= 0.3 is 6.18 Å². The van der Waals surface area contributed by atoms with E-state index in [1.807, 2.05) is 9.21 Å². The number of alkyl halides is 3. The van der Waals surface area contributed by atoms with Crippen molar-refractivity contribution in [2.75, 3.05) is 29.6 Å². The minimum atomic E-state index is -4.39. The number of halogens is 4. The van der Waals surface area contributed by atoms with Crippen LogP contribution in [0.2, 0.25) is 0 Å². The van der Waals surface area contributed by atoms with E-state index < -0.39 is 28.9 Å². The summed E-state index contributed by atoms with van der Waals surface area (Å²) in [6.07, 6.45) is 4.08. The van der Waals surface area contributed by atoms with Gasteiger partial charge in [-0.25, -0.2) is 9.97 Å². The Morgan fingerprint density at radius 2 is 1.77 bits per heavy atom. The van der Waals surface area contributed by atoms with Crippen LogP contribution < -0.4 is 10.2 Å². The van der Waals surface area contributed by atoms with Gasteiger partial charge in [0, 0.05) is 42.6 Å². The largest absolute Gasteiger partial charge is 0.598 e. The fraction of sp³-hybridized carbons (Fsp3) is 0.583. The molecule has 3 aliphatic rings. The number of hydrogen-bond acceptors (Lipinski definition) is 6. The summed E-state index contributed by atoms with van der Waals surface area (Å²) < 4.78 is 68.2. The maximum absolute atomic E-state index is 15.7. The number of nitrogens with one attached hydrogen (secondary N) is 1. The number of hydrogen-bond donors (Lipinski definition) is 1. The normalized spacial score (nSPS) is 21.5. The van der Waals surface area contributed by atoms with Crippen LogP contribution in [0.3, 0.4) is 0 Å². The Morgan fingerprint density at radius 3 is 2.31 bits per heavy atom. The van der Waals surface area contributed by atoms with Crippen molar-refractivity contribution in [3.8, 4) is 0 Å². The number of anilines is 2. The van der Waals surface area contributed by atoms with Gasteiger partial charge in [-0.15, -0.1) is 4.31 Å². The third-order valence-corrected chi connectivity index (χ3v) is 8.51. The monoisotopic (exact) mass is 511 g/mol. The lowest BCUT2D eigenvalue weighted by molar-refractivity contribution is -0.137. The molecule has 5 rings (SSSR count). The first-order valence-electron chi connectivity index (χ1n) is 12.0. The van der Waals surface area contributed by atoms with Crippen LogP contribution in [0.15, 0.2) is 30.6 Å². The van der Waals surface area contributed by atoms with Crippen LogP contribution in [-0.4, -0.2) is 49.8 Å². The van der Waals surface area contributed by atoms with Gasteiger partial charge in [0.2, 0.25) is 5.82 Å². The van der Waals surface area contributed by atoms with Crippen molar-refractivity contribution in [1.82, 2.24) is 14.3 Å². The van der Waals surface area contributed by atoms with E-state index in [0.717, 1.165) is 63.7 Å². The van der Waals surface area contributed by atoms with Gasteiger partial charge in [0.1, 0.15) is 12.6 Å². The maximum Gasteiger partial charge on any atom is 0.416 e. The Kier molecular flexibility index (Phi) is 6.60. The van der Waals surface area contributed by atoms with Crippen LogP contribution in [0.25, 0.3) is 0 Å². The molecule has 2 aliphatic carbocycles. The number of piperidine rings is 1. The number of nitrogens with zero attached hydrogens (tertiary/aromatic N) is 4. The standard InChI is InChI=1S/C24H29F4N5OS/c1-35(34)32-12-8-17(9-13-32)23(10-11-23)31-21-20(25)22(30-15-29-21)33(19-6-7-19)14-16-2-4-18(5-3-16)24(26,27)28/h2-5,15,17,19H,6-14H2,1H3,(H,29,30,31). The molecular formula is C24H29F4N5OS. The molecule has 1 unspecified atom stereocenters. The lowest BCUT2D eigenvalue weighted by atomic mass is 9.88. The molecule has 1 aromatic heterocycles. The lowest BCUT2D eigenvalue weighted by Gasteiger charge is -2.36. The molecule has 2 aromatic rings. The zero-order chi connectivity index (χ0) is 24.8. The van der Waals surface area contributed by atoms with Crippen LogP contribution in [0, 0.1) is 11.7 Å². The molecule has 1 saturated heterocycles. The second-order valence-electron chi connectivity index (χ2n) is 9.82. The van der Waals surface area contributed by atoms with Gasteiger partial charge < -0.3 is 14.8 Å². The van der Waals surface area contributed by atoms with Crippen molar-refractivity contribution >= 4 is 23.0 Å². The van der Waals surface area contributed by atoms with Crippen molar-refractivity contribution in [1.29, 1.82) is 0 Å². The molecule has 190 valence electrons. The first-order valence-corrected chi connectivity index (χ1v) is 13.5. The van der Waals surface area contributed by atoms with E-state index in [4.69, 9.17) is 0 Å². The summed E-state index contributed by atoms with van der Waals surface area (Å²) in [7, 11) is 0. The van der Waals surface area contributed by atoms with Crippen LogP contribution in [0.1, 0.15) is 49.7 Å². The summed E-state index contributed by atoms with van der Waals surface area (Å²) in [6, 6.07) is 5.08. The van der Waals surface area contributed by atoms with E-state index in [0.29, 0.717) is 11.5 Å². The molecule has 35 heavy (non-hydrogen) atoms. The molecule has 0 spiro atoms. The second kappa shape index (κ2) is 9.40. The minimum absolute atomic E-state index is 0.101. The minimum Gasteiger partial charge on any atom is -0.598 e. The molecule has 3 fully saturated rings. The third kappa shape index (κ3) is 5.36. The fourth-order valence-electron chi connectivity index (χ4n) is 5.08. The Morgan fingerprint density at radius 1 is 1.11 bits per heavy atom. The molecule has 2 saturated carbocycles. The molecule has 1 N–H and O–H groups in total. The number of aromatic nitrogens is 2. The van der Waals surface area contributed by atoms with Crippen LogP contribution in [0.4, 0.5) is 29.2 Å². The summed E-state index contributed by atoms with van der Waals surface area (Å²) in [5, 5.41) is 3.38. The molecule has 6 nitrogen and oxygen atoms in total. The van der Waals surface area contributed by atoms with Crippen molar-refractivity contribution in [2.24, 2.45) is 5.92 Å². The fourth-order valence-corrected chi connectivity index (χ4v) is 5.80. The first kappa shape index (κ1) is 24.6. The van der Waals surface area contributed by atoms with E-state index in [1.54, 1.807) is 6.26 Å². The molecule has 11 heteroatoms. The van der Waals surface area contributed by atoms with E-state index in [9.17, 15) is 17.7 Å². The van der Waals surface area contributed by atoms with Gasteiger partial charge in [0.15, 0.2) is 11.6 Å². The van der Waals surface area contributed by atoms with E-state index in [2.05, 4.69) is 15.3 Å². The average Bonchev–Trinajstić information content (AvgIpc) is 3.75. The third-order valence-electron chi connectivity index (χ3n) is 7.42. The van der Waals surface area contributed by atoms with Crippen LogP contribution >= 0.6 is 0 Å². The second-order valence-corrected chi connectivity index (χ2v) is 11.2.